The van der Waals surface area contributed by atoms with E-state index in [-0.39, 0.29) is 25.2 Å². The number of hydrogen-bond acceptors (Lipinski definition) is 7. The topological polar surface area (TPSA) is 95.5 Å². The molecule has 30 heavy (non-hydrogen) atoms. The van der Waals surface area contributed by atoms with E-state index in [0.717, 1.165) is 4.88 Å². The standard InChI is InChI=1S/C20H35N2O6PS/c1-9-25-29(24,26-10-2)22-18(27-14(3)4)15(5)17(16-12-11-13-30-16)21-19(23)28-20(6,7)8/h11-15,17H,9-10H2,1-8H3,(H,21,23)/b22-18+/t15-,17+/m1/s1. The summed E-state index contributed by atoms with van der Waals surface area (Å²) in [5.41, 5.74) is -0.641. The second kappa shape index (κ2) is 11.8. The number of carbonyl (C=O) groups excluding carboxylic acids is 1. The van der Waals surface area contributed by atoms with Gasteiger partial charge in [-0.25, -0.2) is 9.36 Å². The van der Waals surface area contributed by atoms with Gasteiger partial charge in [-0.1, -0.05) is 13.0 Å². The number of ether oxygens (including phenoxy) is 2. The minimum Gasteiger partial charge on any atom is -0.478 e. The van der Waals surface area contributed by atoms with E-state index in [4.69, 9.17) is 18.5 Å². The third-order valence-corrected chi connectivity index (χ3v) is 6.14. The average Bonchev–Trinajstić information content (AvgIpc) is 3.11. The van der Waals surface area contributed by atoms with Crippen LogP contribution in [0.3, 0.4) is 0 Å². The summed E-state index contributed by atoms with van der Waals surface area (Å²) in [6.45, 7) is 14.7. The van der Waals surface area contributed by atoms with Crippen LogP contribution < -0.4 is 5.32 Å². The molecule has 0 fully saturated rings. The van der Waals surface area contributed by atoms with E-state index in [2.05, 4.69) is 10.1 Å². The minimum atomic E-state index is -3.75. The second-order valence-electron chi connectivity index (χ2n) is 7.84. The van der Waals surface area contributed by atoms with Crippen molar-refractivity contribution in [2.75, 3.05) is 13.2 Å². The van der Waals surface area contributed by atoms with Gasteiger partial charge in [0.15, 0.2) is 5.90 Å². The number of hydrogen-bond donors (Lipinski definition) is 1. The molecule has 0 saturated heterocycles. The van der Waals surface area contributed by atoms with Crippen molar-refractivity contribution in [1.29, 1.82) is 0 Å². The quantitative estimate of drug-likeness (QED) is 0.262. The van der Waals surface area contributed by atoms with Crippen LogP contribution in [0.2, 0.25) is 0 Å². The maximum atomic E-state index is 13.0. The molecule has 1 N–H and O–H groups in total. The smallest absolute Gasteiger partial charge is 0.456 e. The van der Waals surface area contributed by atoms with Gasteiger partial charge < -0.3 is 14.8 Å². The second-order valence-corrected chi connectivity index (χ2v) is 10.5. The van der Waals surface area contributed by atoms with Gasteiger partial charge in [0.05, 0.1) is 31.3 Å². The van der Waals surface area contributed by atoms with Crippen LogP contribution in [0.4, 0.5) is 4.79 Å². The van der Waals surface area contributed by atoms with Gasteiger partial charge in [-0.2, -0.15) is 0 Å². The van der Waals surface area contributed by atoms with Crippen LogP contribution in [0.15, 0.2) is 22.3 Å². The molecule has 1 rings (SSSR count). The van der Waals surface area contributed by atoms with Crippen LogP contribution in [0.5, 0.6) is 0 Å². The molecule has 0 bridgehead atoms. The van der Waals surface area contributed by atoms with Crippen LogP contribution in [0.1, 0.15) is 66.3 Å². The molecule has 10 heteroatoms. The number of rotatable bonds is 10. The lowest BCUT2D eigenvalue weighted by Crippen LogP contribution is -2.39. The van der Waals surface area contributed by atoms with Gasteiger partial charge in [-0.15, -0.1) is 16.1 Å². The molecule has 8 nitrogen and oxygen atoms in total. The summed E-state index contributed by atoms with van der Waals surface area (Å²) in [6.07, 6.45) is -0.789. The van der Waals surface area contributed by atoms with Crippen LogP contribution in [-0.4, -0.2) is 36.9 Å². The van der Waals surface area contributed by atoms with Crippen LogP contribution in [0, 0.1) is 5.92 Å². The van der Waals surface area contributed by atoms with Crippen molar-refractivity contribution in [3.8, 4) is 0 Å². The first-order valence-corrected chi connectivity index (χ1v) is 12.5. The molecule has 0 unspecified atom stereocenters. The fraction of sp³-hybridized carbons (Fsp3) is 0.700. The van der Waals surface area contributed by atoms with E-state index in [1.165, 1.54) is 11.3 Å². The summed E-state index contributed by atoms with van der Waals surface area (Å²) in [7, 11) is -3.75. The Labute approximate surface area is 183 Å². The van der Waals surface area contributed by atoms with Gasteiger partial charge in [0.2, 0.25) is 0 Å². The van der Waals surface area contributed by atoms with Crippen LogP contribution in [0.25, 0.3) is 0 Å². The molecule has 0 saturated carbocycles. The zero-order valence-corrected chi connectivity index (χ0v) is 20.8. The molecule has 172 valence electrons. The molecule has 1 aromatic heterocycles. The molecule has 0 aliphatic heterocycles. The van der Waals surface area contributed by atoms with Crippen molar-refractivity contribution in [2.24, 2.45) is 10.7 Å². The summed E-state index contributed by atoms with van der Waals surface area (Å²) in [5, 5.41) is 4.81. The fourth-order valence-electron chi connectivity index (χ4n) is 2.49. The van der Waals surface area contributed by atoms with E-state index < -0.39 is 31.4 Å². The van der Waals surface area contributed by atoms with E-state index in [1.54, 1.807) is 34.6 Å². The van der Waals surface area contributed by atoms with Crippen LogP contribution >= 0.6 is 19.1 Å². The molecule has 1 amide bonds. The zero-order valence-electron chi connectivity index (χ0n) is 19.1. The average molecular weight is 463 g/mol. The highest BCUT2D eigenvalue weighted by Crippen LogP contribution is 2.50. The Kier molecular flexibility index (Phi) is 10.5. The number of amides is 1. The summed E-state index contributed by atoms with van der Waals surface area (Å²) in [4.78, 5) is 13.4. The van der Waals surface area contributed by atoms with E-state index in [9.17, 15) is 9.36 Å². The molecule has 0 spiro atoms. The number of nitrogens with zero attached hydrogens (tertiary/aromatic N) is 1. The maximum absolute atomic E-state index is 13.0. The highest BCUT2D eigenvalue weighted by molar-refractivity contribution is 7.52. The molecule has 1 heterocycles. The monoisotopic (exact) mass is 462 g/mol. The highest BCUT2D eigenvalue weighted by atomic mass is 32.1. The van der Waals surface area contributed by atoms with Gasteiger partial charge in [0.25, 0.3) is 0 Å². The normalized spacial score (nSPS) is 15.0. The minimum absolute atomic E-state index is 0.175. The third-order valence-electron chi connectivity index (χ3n) is 3.57. The van der Waals surface area contributed by atoms with Crippen molar-refractivity contribution < 1.29 is 27.9 Å². The first kappa shape index (κ1) is 26.6. The Bertz CT molecular complexity index is 720. The molecule has 0 aliphatic carbocycles. The lowest BCUT2D eigenvalue weighted by Gasteiger charge is -2.28. The van der Waals surface area contributed by atoms with E-state index >= 15 is 0 Å². The Morgan fingerprint density at radius 2 is 1.80 bits per heavy atom. The molecule has 2 atom stereocenters. The molecular weight excluding hydrogens is 427 g/mol. The van der Waals surface area contributed by atoms with Gasteiger partial charge in [0.1, 0.15) is 5.60 Å². The van der Waals surface area contributed by atoms with Crippen molar-refractivity contribution in [3.63, 3.8) is 0 Å². The fourth-order valence-corrected chi connectivity index (χ4v) is 4.69. The van der Waals surface area contributed by atoms with E-state index in [0.29, 0.717) is 0 Å². The van der Waals surface area contributed by atoms with Crippen molar-refractivity contribution in [3.05, 3.63) is 22.4 Å². The Morgan fingerprint density at radius 3 is 2.23 bits per heavy atom. The lowest BCUT2D eigenvalue weighted by atomic mass is 10.00. The van der Waals surface area contributed by atoms with Crippen molar-refractivity contribution >= 4 is 31.1 Å². The number of alkyl carbamates (subject to hydrolysis) is 1. The van der Waals surface area contributed by atoms with Gasteiger partial charge in [0, 0.05) is 4.88 Å². The predicted molar refractivity (Wildman–Crippen MR) is 120 cm³/mol. The van der Waals surface area contributed by atoms with Crippen molar-refractivity contribution in [1.82, 2.24) is 5.32 Å². The number of carbonyl (C=O) groups is 1. The van der Waals surface area contributed by atoms with E-state index in [1.807, 2.05) is 38.3 Å². The van der Waals surface area contributed by atoms with Crippen molar-refractivity contribution in [2.45, 2.75) is 73.1 Å². The molecular formula is C20H35N2O6PS. The zero-order chi connectivity index (χ0) is 22.9. The molecule has 0 aromatic carbocycles. The first-order valence-electron chi connectivity index (χ1n) is 10.1. The number of nitrogens with one attached hydrogen (secondary N) is 1. The summed E-state index contributed by atoms with van der Waals surface area (Å²) in [6, 6.07) is 3.29. The summed E-state index contributed by atoms with van der Waals surface area (Å²) >= 11 is 1.48. The summed E-state index contributed by atoms with van der Waals surface area (Å²) < 4.78 is 39.2. The molecule has 0 radical (unpaired) electrons. The predicted octanol–water partition coefficient (Wildman–Crippen LogP) is 5.95. The van der Waals surface area contributed by atoms with Gasteiger partial charge in [-0.05, 0) is 59.9 Å². The third kappa shape index (κ3) is 9.16. The summed E-state index contributed by atoms with van der Waals surface area (Å²) in [5.74, 6) is -0.280. The lowest BCUT2D eigenvalue weighted by molar-refractivity contribution is 0.0493. The van der Waals surface area contributed by atoms with Crippen LogP contribution in [-0.2, 0) is 23.1 Å². The Balaban J connectivity index is 3.31. The highest BCUT2D eigenvalue weighted by Gasteiger charge is 2.33. The SMILES string of the molecule is CCOP(=O)(/N=C(/OC(C)C)[C@H](C)[C@H](NC(=O)OC(C)(C)C)c1cccs1)OCC. The number of thiophene rings is 1. The first-order chi connectivity index (χ1) is 13.9. The maximum Gasteiger partial charge on any atom is 0.456 e. The van der Waals surface area contributed by atoms with Gasteiger partial charge >= 0.3 is 13.8 Å². The van der Waals surface area contributed by atoms with Gasteiger partial charge in [-0.3, -0.25) is 9.05 Å². The molecule has 1 aromatic rings. The molecule has 0 aliphatic rings. The largest absolute Gasteiger partial charge is 0.478 e. The Morgan fingerprint density at radius 1 is 1.20 bits per heavy atom. The Hall–Kier alpha value is -1.41.